The van der Waals surface area contributed by atoms with Crippen LogP contribution in [0.4, 0.5) is 5.69 Å². The number of anilines is 1. The number of fused-ring (bicyclic) bond motifs is 1. The van der Waals surface area contributed by atoms with Crippen LogP contribution in [0, 0.1) is 13.8 Å². The van der Waals surface area contributed by atoms with Crippen LogP contribution in [0.5, 0.6) is 0 Å². The normalized spacial score (nSPS) is 11.5. The lowest BCUT2D eigenvalue weighted by molar-refractivity contribution is 0.0780. The molecule has 0 bridgehead atoms. The molecule has 0 saturated carbocycles. The molecule has 3 aromatic carbocycles. The SMILES string of the molecule is CCn1c(CN(C)C(=O)c2cccc(NS(=O)(=O)c3cc(C)ccc3C)c2)nc2ccccc21. The van der Waals surface area contributed by atoms with Crippen molar-refractivity contribution in [2.45, 2.75) is 38.8 Å². The number of carbonyl (C=O) groups excluding carboxylic acids is 1. The molecule has 1 N–H and O–H groups in total. The number of nitrogens with one attached hydrogen (secondary N) is 1. The van der Waals surface area contributed by atoms with Crippen LogP contribution in [0.15, 0.2) is 71.6 Å². The minimum absolute atomic E-state index is 0.220. The second-order valence-electron chi connectivity index (χ2n) is 8.38. The lowest BCUT2D eigenvalue weighted by atomic mass is 10.2. The summed E-state index contributed by atoms with van der Waals surface area (Å²) in [4.78, 5) is 19.7. The predicted molar refractivity (Wildman–Crippen MR) is 134 cm³/mol. The summed E-state index contributed by atoms with van der Waals surface area (Å²) >= 11 is 0. The van der Waals surface area contributed by atoms with Crippen LogP contribution in [0.3, 0.4) is 0 Å². The van der Waals surface area contributed by atoms with Crippen LogP contribution in [-0.2, 0) is 23.1 Å². The van der Waals surface area contributed by atoms with E-state index in [0.717, 1.165) is 29.0 Å². The van der Waals surface area contributed by atoms with E-state index in [1.165, 1.54) is 0 Å². The Morgan fingerprint density at radius 3 is 2.56 bits per heavy atom. The zero-order valence-corrected chi connectivity index (χ0v) is 20.6. The number of para-hydroxylation sites is 2. The number of amides is 1. The Kier molecular flexibility index (Phi) is 6.43. The number of aromatic nitrogens is 2. The Morgan fingerprint density at radius 1 is 1.03 bits per heavy atom. The zero-order chi connectivity index (χ0) is 24.5. The van der Waals surface area contributed by atoms with E-state index in [1.807, 2.05) is 44.2 Å². The summed E-state index contributed by atoms with van der Waals surface area (Å²) in [7, 11) is -2.07. The molecule has 7 nitrogen and oxygen atoms in total. The summed E-state index contributed by atoms with van der Waals surface area (Å²) in [6.45, 7) is 6.73. The number of sulfonamides is 1. The summed E-state index contributed by atoms with van der Waals surface area (Å²) in [5.41, 5.74) is 4.16. The number of rotatable bonds is 7. The molecule has 34 heavy (non-hydrogen) atoms. The highest BCUT2D eigenvalue weighted by Gasteiger charge is 2.20. The van der Waals surface area contributed by atoms with Gasteiger partial charge in [-0.2, -0.15) is 0 Å². The number of hydrogen-bond donors (Lipinski definition) is 1. The van der Waals surface area contributed by atoms with Gasteiger partial charge in [0.05, 0.1) is 22.5 Å². The molecule has 0 aliphatic heterocycles. The summed E-state index contributed by atoms with van der Waals surface area (Å²) in [6.07, 6.45) is 0. The van der Waals surface area contributed by atoms with Crippen molar-refractivity contribution in [3.05, 3.63) is 89.2 Å². The van der Waals surface area contributed by atoms with Gasteiger partial charge < -0.3 is 9.47 Å². The van der Waals surface area contributed by atoms with Crippen LogP contribution >= 0.6 is 0 Å². The number of nitrogens with zero attached hydrogens (tertiary/aromatic N) is 3. The van der Waals surface area contributed by atoms with E-state index >= 15 is 0 Å². The maximum atomic E-state index is 13.2. The molecule has 0 saturated heterocycles. The number of hydrogen-bond acceptors (Lipinski definition) is 4. The smallest absolute Gasteiger partial charge is 0.262 e. The number of carbonyl (C=O) groups is 1. The van der Waals surface area contributed by atoms with Crippen molar-refractivity contribution in [1.29, 1.82) is 0 Å². The van der Waals surface area contributed by atoms with Gasteiger partial charge in [-0.3, -0.25) is 9.52 Å². The molecule has 0 spiro atoms. The molecule has 8 heteroatoms. The summed E-state index contributed by atoms with van der Waals surface area (Å²) in [5.74, 6) is 0.578. The molecule has 0 atom stereocenters. The van der Waals surface area contributed by atoms with Crippen molar-refractivity contribution < 1.29 is 13.2 Å². The van der Waals surface area contributed by atoms with Gasteiger partial charge in [0.25, 0.3) is 15.9 Å². The van der Waals surface area contributed by atoms with Crippen LogP contribution in [-0.4, -0.2) is 35.8 Å². The predicted octanol–water partition coefficient (Wildman–Crippen LogP) is 4.75. The molecule has 4 aromatic rings. The molecule has 0 fully saturated rings. The molecule has 1 heterocycles. The van der Waals surface area contributed by atoms with Gasteiger partial charge in [0.1, 0.15) is 5.82 Å². The largest absolute Gasteiger partial charge is 0.334 e. The van der Waals surface area contributed by atoms with Gasteiger partial charge in [-0.1, -0.05) is 30.3 Å². The van der Waals surface area contributed by atoms with E-state index in [-0.39, 0.29) is 10.8 Å². The third kappa shape index (κ3) is 4.68. The number of aryl methyl sites for hydroxylation is 3. The maximum Gasteiger partial charge on any atom is 0.262 e. The second-order valence-corrected chi connectivity index (χ2v) is 10.0. The fourth-order valence-electron chi connectivity index (χ4n) is 4.03. The van der Waals surface area contributed by atoms with Gasteiger partial charge in [-0.05, 0) is 68.3 Å². The fourth-order valence-corrected chi connectivity index (χ4v) is 5.41. The van der Waals surface area contributed by atoms with Gasteiger partial charge in [-0.25, -0.2) is 13.4 Å². The van der Waals surface area contributed by atoms with Crippen molar-refractivity contribution in [3.63, 3.8) is 0 Å². The van der Waals surface area contributed by atoms with Gasteiger partial charge in [0.2, 0.25) is 0 Å². The molecule has 0 unspecified atom stereocenters. The summed E-state index contributed by atoms with van der Waals surface area (Å²) in [6, 6.07) is 19.7. The number of imidazole rings is 1. The van der Waals surface area contributed by atoms with Gasteiger partial charge in [0.15, 0.2) is 0 Å². The van der Waals surface area contributed by atoms with Crippen LogP contribution in [0.1, 0.15) is 34.2 Å². The molecule has 1 amide bonds. The monoisotopic (exact) mass is 476 g/mol. The molecule has 0 aliphatic rings. The Morgan fingerprint density at radius 2 is 1.79 bits per heavy atom. The molecule has 4 rings (SSSR count). The first-order valence-corrected chi connectivity index (χ1v) is 12.6. The third-order valence-corrected chi connectivity index (χ3v) is 7.29. The first-order chi connectivity index (χ1) is 16.2. The Hall–Kier alpha value is -3.65. The minimum atomic E-state index is -3.79. The van der Waals surface area contributed by atoms with Crippen molar-refractivity contribution in [2.24, 2.45) is 0 Å². The Bertz CT molecular complexity index is 1470. The van der Waals surface area contributed by atoms with E-state index in [2.05, 4.69) is 9.29 Å². The van der Waals surface area contributed by atoms with Crippen molar-refractivity contribution in [1.82, 2.24) is 14.5 Å². The standard InChI is InChI=1S/C26H28N4O3S/c1-5-30-23-12-7-6-11-22(23)27-25(30)17-29(4)26(31)20-9-8-10-21(16-20)28-34(32,33)24-15-18(2)13-14-19(24)3/h6-16,28H,5,17H2,1-4H3. The lowest BCUT2D eigenvalue weighted by Gasteiger charge is -2.18. The topological polar surface area (TPSA) is 84.3 Å². The fraction of sp³-hybridized carbons (Fsp3) is 0.231. The van der Waals surface area contributed by atoms with Crippen molar-refractivity contribution in [3.8, 4) is 0 Å². The van der Waals surface area contributed by atoms with E-state index in [1.54, 1.807) is 55.3 Å². The van der Waals surface area contributed by atoms with E-state index in [9.17, 15) is 13.2 Å². The van der Waals surface area contributed by atoms with Crippen molar-refractivity contribution in [2.75, 3.05) is 11.8 Å². The average molecular weight is 477 g/mol. The maximum absolute atomic E-state index is 13.2. The van der Waals surface area contributed by atoms with Crippen LogP contribution < -0.4 is 4.72 Å². The molecule has 0 radical (unpaired) electrons. The van der Waals surface area contributed by atoms with Gasteiger partial charge in [-0.15, -0.1) is 0 Å². The molecule has 0 aliphatic carbocycles. The molecule has 1 aromatic heterocycles. The highest BCUT2D eigenvalue weighted by atomic mass is 32.2. The quantitative estimate of drug-likeness (QED) is 0.417. The van der Waals surface area contributed by atoms with E-state index in [4.69, 9.17) is 4.98 Å². The van der Waals surface area contributed by atoms with Gasteiger partial charge >= 0.3 is 0 Å². The molecular weight excluding hydrogens is 448 g/mol. The number of benzene rings is 3. The highest BCUT2D eigenvalue weighted by Crippen LogP contribution is 2.22. The molecular formula is C26H28N4O3S. The third-order valence-electron chi connectivity index (χ3n) is 5.77. The van der Waals surface area contributed by atoms with Crippen molar-refractivity contribution >= 4 is 32.7 Å². The second kappa shape index (κ2) is 9.30. The Balaban J connectivity index is 1.55. The summed E-state index contributed by atoms with van der Waals surface area (Å²) < 4.78 is 30.6. The zero-order valence-electron chi connectivity index (χ0n) is 19.7. The summed E-state index contributed by atoms with van der Waals surface area (Å²) in [5, 5.41) is 0. The first-order valence-electron chi connectivity index (χ1n) is 11.1. The minimum Gasteiger partial charge on any atom is -0.334 e. The first kappa shape index (κ1) is 23.5. The van der Waals surface area contributed by atoms with Crippen LogP contribution in [0.25, 0.3) is 11.0 Å². The van der Waals surface area contributed by atoms with Crippen LogP contribution in [0.2, 0.25) is 0 Å². The van der Waals surface area contributed by atoms with E-state index in [0.29, 0.717) is 23.4 Å². The average Bonchev–Trinajstić information content (AvgIpc) is 3.16. The Labute approximate surface area is 200 Å². The van der Waals surface area contributed by atoms with Gasteiger partial charge in [0, 0.05) is 24.8 Å². The van der Waals surface area contributed by atoms with E-state index < -0.39 is 10.0 Å². The lowest BCUT2D eigenvalue weighted by Crippen LogP contribution is -2.28. The molecule has 176 valence electrons. The highest BCUT2D eigenvalue weighted by molar-refractivity contribution is 7.92.